The Morgan fingerprint density at radius 1 is 1.67 bits per heavy atom. The van der Waals surface area contributed by atoms with Crippen molar-refractivity contribution in [2.75, 3.05) is 20.2 Å². The second-order valence-corrected chi connectivity index (χ2v) is 3.90. The van der Waals surface area contributed by atoms with Gasteiger partial charge in [0, 0.05) is 26.6 Å². The molecule has 1 aliphatic heterocycles. The highest BCUT2D eigenvalue weighted by Crippen LogP contribution is 2.17. The summed E-state index contributed by atoms with van der Waals surface area (Å²) < 4.78 is 5.44. The van der Waals surface area contributed by atoms with E-state index in [1.165, 1.54) is 0 Å². The van der Waals surface area contributed by atoms with E-state index in [2.05, 4.69) is 0 Å². The third-order valence-electron chi connectivity index (χ3n) is 2.69. The van der Waals surface area contributed by atoms with Crippen LogP contribution in [0.3, 0.4) is 0 Å². The zero-order chi connectivity index (χ0) is 11.1. The number of carbonyl (C=O) groups excluding carboxylic acids is 1. The lowest BCUT2D eigenvalue weighted by Crippen LogP contribution is -2.28. The lowest BCUT2D eigenvalue weighted by Gasteiger charge is -2.16. The number of hydrogen-bond donors (Lipinski definition) is 0. The van der Waals surface area contributed by atoms with E-state index in [-0.39, 0.29) is 12.0 Å². The minimum absolute atomic E-state index is 0.112. The Bertz CT molecular complexity index is 241. The van der Waals surface area contributed by atoms with E-state index < -0.39 is 0 Å². The molecule has 4 heteroatoms. The first-order valence-corrected chi connectivity index (χ1v) is 5.46. The van der Waals surface area contributed by atoms with Crippen molar-refractivity contribution in [1.82, 2.24) is 4.90 Å². The van der Waals surface area contributed by atoms with Crippen molar-refractivity contribution < 1.29 is 9.53 Å². The van der Waals surface area contributed by atoms with Crippen LogP contribution in [0.25, 0.3) is 0 Å². The van der Waals surface area contributed by atoms with Gasteiger partial charge in [-0.25, -0.2) is 0 Å². The summed E-state index contributed by atoms with van der Waals surface area (Å²) in [4.78, 5) is 13.2. The van der Waals surface area contributed by atoms with Gasteiger partial charge in [-0.15, -0.1) is 0 Å². The minimum Gasteiger partial charge on any atom is -0.378 e. The molecule has 0 aromatic rings. The Morgan fingerprint density at radius 2 is 2.47 bits per heavy atom. The Labute approximate surface area is 90.8 Å². The molecule has 0 aromatic heterocycles. The van der Waals surface area contributed by atoms with E-state index in [1.54, 1.807) is 11.9 Å². The average molecular weight is 210 g/mol. The average Bonchev–Trinajstić information content (AvgIpc) is 2.75. The highest BCUT2D eigenvalue weighted by molar-refractivity contribution is 5.75. The maximum Gasteiger partial charge on any atom is 0.222 e. The van der Waals surface area contributed by atoms with Gasteiger partial charge in [-0.3, -0.25) is 4.79 Å². The molecule has 1 unspecified atom stereocenters. The predicted octanol–water partition coefficient (Wildman–Crippen LogP) is 1.32. The van der Waals surface area contributed by atoms with Gasteiger partial charge in [0.15, 0.2) is 0 Å². The topological polar surface area (TPSA) is 53.3 Å². The normalized spacial score (nSPS) is 19.9. The predicted molar refractivity (Wildman–Crippen MR) is 56.1 cm³/mol. The SMILES string of the molecule is CN(CCC#N)C(=O)CCC1CCCO1. The maximum absolute atomic E-state index is 11.6. The summed E-state index contributed by atoms with van der Waals surface area (Å²) in [5.74, 6) is 0.112. The molecule has 0 N–H and O–H groups in total. The first kappa shape index (κ1) is 12.0. The second-order valence-electron chi connectivity index (χ2n) is 3.90. The molecule has 1 atom stereocenters. The molecule has 0 radical (unpaired) electrons. The lowest BCUT2D eigenvalue weighted by atomic mass is 10.1. The van der Waals surface area contributed by atoms with Crippen LogP contribution in [0.2, 0.25) is 0 Å². The van der Waals surface area contributed by atoms with Gasteiger partial charge in [-0.1, -0.05) is 0 Å². The maximum atomic E-state index is 11.6. The van der Waals surface area contributed by atoms with Crippen LogP contribution in [0.5, 0.6) is 0 Å². The van der Waals surface area contributed by atoms with Gasteiger partial charge in [0.05, 0.1) is 18.6 Å². The van der Waals surface area contributed by atoms with Gasteiger partial charge in [-0.05, 0) is 19.3 Å². The highest BCUT2D eigenvalue weighted by atomic mass is 16.5. The molecule has 0 spiro atoms. The van der Waals surface area contributed by atoms with Gasteiger partial charge < -0.3 is 9.64 Å². The summed E-state index contributed by atoms with van der Waals surface area (Å²) >= 11 is 0. The number of amides is 1. The van der Waals surface area contributed by atoms with Gasteiger partial charge in [0.1, 0.15) is 0 Å². The van der Waals surface area contributed by atoms with E-state index >= 15 is 0 Å². The molecule has 0 bridgehead atoms. The second kappa shape index (κ2) is 6.41. The summed E-state index contributed by atoms with van der Waals surface area (Å²) in [6.45, 7) is 1.37. The minimum atomic E-state index is 0.112. The number of hydrogen-bond acceptors (Lipinski definition) is 3. The van der Waals surface area contributed by atoms with Crippen LogP contribution in [0.4, 0.5) is 0 Å². The molecule has 0 aromatic carbocycles. The fraction of sp³-hybridized carbons (Fsp3) is 0.818. The monoisotopic (exact) mass is 210 g/mol. The summed E-state index contributed by atoms with van der Waals surface area (Å²) in [5.41, 5.74) is 0. The fourth-order valence-electron chi connectivity index (χ4n) is 1.69. The first-order valence-electron chi connectivity index (χ1n) is 5.46. The summed E-state index contributed by atoms with van der Waals surface area (Å²) in [7, 11) is 1.75. The van der Waals surface area contributed by atoms with Gasteiger partial charge >= 0.3 is 0 Å². The molecule has 0 aliphatic carbocycles. The molecular weight excluding hydrogens is 192 g/mol. The van der Waals surface area contributed by atoms with E-state index in [4.69, 9.17) is 10.00 Å². The van der Waals surface area contributed by atoms with Crippen LogP contribution in [-0.4, -0.2) is 37.1 Å². The van der Waals surface area contributed by atoms with Crippen LogP contribution in [0.1, 0.15) is 32.1 Å². The molecule has 4 nitrogen and oxygen atoms in total. The fourth-order valence-corrected chi connectivity index (χ4v) is 1.69. The smallest absolute Gasteiger partial charge is 0.222 e. The van der Waals surface area contributed by atoms with Gasteiger partial charge in [0.2, 0.25) is 5.91 Å². The van der Waals surface area contributed by atoms with E-state index in [9.17, 15) is 4.79 Å². The van der Waals surface area contributed by atoms with Crippen molar-refractivity contribution in [2.45, 2.75) is 38.2 Å². The number of rotatable bonds is 5. The van der Waals surface area contributed by atoms with Crippen LogP contribution in [0, 0.1) is 11.3 Å². The Balaban J connectivity index is 2.14. The molecule has 1 rings (SSSR count). The molecule has 0 saturated carbocycles. The third kappa shape index (κ3) is 4.30. The molecular formula is C11H18N2O2. The van der Waals surface area contributed by atoms with Crippen molar-refractivity contribution in [3.8, 4) is 6.07 Å². The number of ether oxygens (including phenoxy) is 1. The lowest BCUT2D eigenvalue weighted by molar-refractivity contribution is -0.130. The Hall–Kier alpha value is -1.08. The zero-order valence-electron chi connectivity index (χ0n) is 9.24. The summed E-state index contributed by atoms with van der Waals surface area (Å²) in [6.07, 6.45) is 4.22. The highest BCUT2D eigenvalue weighted by Gasteiger charge is 2.17. The first-order chi connectivity index (χ1) is 7.24. The van der Waals surface area contributed by atoms with Crippen molar-refractivity contribution in [3.63, 3.8) is 0 Å². The molecule has 1 amide bonds. The van der Waals surface area contributed by atoms with Crippen molar-refractivity contribution >= 4 is 5.91 Å². The van der Waals surface area contributed by atoms with E-state index in [1.807, 2.05) is 6.07 Å². The molecule has 15 heavy (non-hydrogen) atoms. The van der Waals surface area contributed by atoms with Crippen LogP contribution >= 0.6 is 0 Å². The standard InChI is InChI=1S/C11H18N2O2/c1-13(8-3-7-12)11(14)6-5-10-4-2-9-15-10/h10H,2-6,8-9H2,1H3. The molecule has 1 heterocycles. The van der Waals surface area contributed by atoms with Crippen LogP contribution in [-0.2, 0) is 9.53 Å². The van der Waals surface area contributed by atoms with E-state index in [0.29, 0.717) is 19.4 Å². The van der Waals surface area contributed by atoms with Crippen LogP contribution in [0.15, 0.2) is 0 Å². The Morgan fingerprint density at radius 3 is 3.07 bits per heavy atom. The molecule has 1 fully saturated rings. The number of carbonyl (C=O) groups is 1. The summed E-state index contributed by atoms with van der Waals surface area (Å²) in [5, 5.41) is 8.39. The number of nitrogens with zero attached hydrogens (tertiary/aromatic N) is 2. The molecule has 1 saturated heterocycles. The third-order valence-corrected chi connectivity index (χ3v) is 2.69. The largest absolute Gasteiger partial charge is 0.378 e. The zero-order valence-corrected chi connectivity index (χ0v) is 9.24. The molecule has 84 valence electrons. The van der Waals surface area contributed by atoms with Crippen molar-refractivity contribution in [3.05, 3.63) is 0 Å². The Kier molecular flexibility index (Phi) is 5.13. The van der Waals surface area contributed by atoms with Gasteiger partial charge in [0.25, 0.3) is 0 Å². The van der Waals surface area contributed by atoms with Crippen molar-refractivity contribution in [1.29, 1.82) is 5.26 Å². The van der Waals surface area contributed by atoms with Crippen molar-refractivity contribution in [2.24, 2.45) is 0 Å². The summed E-state index contributed by atoms with van der Waals surface area (Å²) in [6, 6.07) is 2.03. The quantitative estimate of drug-likeness (QED) is 0.687. The van der Waals surface area contributed by atoms with Crippen LogP contribution < -0.4 is 0 Å². The van der Waals surface area contributed by atoms with E-state index in [0.717, 1.165) is 25.9 Å². The van der Waals surface area contributed by atoms with Gasteiger partial charge in [-0.2, -0.15) is 5.26 Å². The molecule has 1 aliphatic rings. The number of nitriles is 1.